The molecule has 0 bridgehead atoms. The summed E-state index contributed by atoms with van der Waals surface area (Å²) in [5.41, 5.74) is -0.0718. The van der Waals surface area contributed by atoms with Gasteiger partial charge in [0, 0.05) is 11.3 Å². The van der Waals surface area contributed by atoms with Gasteiger partial charge in [0.25, 0.3) is 0 Å². The van der Waals surface area contributed by atoms with Crippen molar-refractivity contribution in [2.75, 3.05) is 0 Å². The Balaban J connectivity index is 2.81. The van der Waals surface area contributed by atoms with E-state index in [0.29, 0.717) is 17.6 Å². The summed E-state index contributed by atoms with van der Waals surface area (Å²) in [5.74, 6) is 1.31. The van der Waals surface area contributed by atoms with E-state index in [9.17, 15) is 4.79 Å². The van der Waals surface area contributed by atoms with Crippen LogP contribution in [0, 0.1) is 17.3 Å². The lowest BCUT2D eigenvalue weighted by Crippen LogP contribution is -2.39. The largest absolute Gasteiger partial charge is 0.299 e. The molecule has 0 aromatic heterocycles. The zero-order valence-electron chi connectivity index (χ0n) is 7.98. The number of ketones is 1. The smallest absolute Gasteiger partial charge is 0.141 e. The first-order chi connectivity index (χ1) is 4.96. The van der Waals surface area contributed by atoms with Crippen molar-refractivity contribution in [3.05, 3.63) is 0 Å². The van der Waals surface area contributed by atoms with E-state index in [1.807, 2.05) is 0 Å². The molecule has 1 heteroatoms. The molecule has 0 spiro atoms. The molecule has 0 unspecified atom stereocenters. The summed E-state index contributed by atoms with van der Waals surface area (Å²) >= 11 is 0. The zero-order chi connectivity index (χ0) is 8.65. The number of hydrogen-bond donors (Lipinski definition) is 0. The summed E-state index contributed by atoms with van der Waals surface area (Å²) < 4.78 is 0. The Morgan fingerprint density at radius 2 is 1.82 bits per heavy atom. The second kappa shape index (κ2) is 2.62. The predicted octanol–water partition coefficient (Wildman–Crippen LogP) is 2.65. The Morgan fingerprint density at radius 3 is 2.27 bits per heavy atom. The highest BCUT2D eigenvalue weighted by molar-refractivity contribution is 5.87. The molecule has 0 saturated heterocycles. The minimum Gasteiger partial charge on any atom is -0.299 e. The SMILES string of the molecule is C[C@@H]1CC[C@@H](C)C(C)(C)C1=O. The Morgan fingerprint density at radius 1 is 1.27 bits per heavy atom. The third-order valence-electron chi connectivity index (χ3n) is 3.35. The Hall–Kier alpha value is -0.330. The van der Waals surface area contributed by atoms with Crippen molar-refractivity contribution in [1.29, 1.82) is 0 Å². The van der Waals surface area contributed by atoms with Crippen molar-refractivity contribution in [1.82, 2.24) is 0 Å². The predicted molar refractivity (Wildman–Crippen MR) is 46.4 cm³/mol. The van der Waals surface area contributed by atoms with Crippen LogP contribution in [0.4, 0.5) is 0 Å². The lowest BCUT2D eigenvalue weighted by molar-refractivity contribution is -0.136. The standard InChI is InChI=1S/C10H18O/c1-7-5-6-8(2)10(3,4)9(7)11/h7-8H,5-6H2,1-4H3/t7-,8-/m1/s1. The minimum atomic E-state index is -0.0718. The van der Waals surface area contributed by atoms with Crippen LogP contribution >= 0.6 is 0 Å². The number of hydrogen-bond acceptors (Lipinski definition) is 1. The normalized spacial score (nSPS) is 37.3. The summed E-state index contributed by atoms with van der Waals surface area (Å²) in [6, 6.07) is 0. The quantitative estimate of drug-likeness (QED) is 0.524. The molecule has 1 aliphatic carbocycles. The van der Waals surface area contributed by atoms with E-state index in [-0.39, 0.29) is 5.41 Å². The second-order valence-electron chi connectivity index (χ2n) is 4.47. The fraction of sp³-hybridized carbons (Fsp3) is 0.900. The summed E-state index contributed by atoms with van der Waals surface area (Å²) in [6.07, 6.45) is 2.29. The van der Waals surface area contributed by atoms with Crippen LogP contribution in [0.5, 0.6) is 0 Å². The van der Waals surface area contributed by atoms with Gasteiger partial charge >= 0.3 is 0 Å². The lowest BCUT2D eigenvalue weighted by atomic mass is 9.65. The highest BCUT2D eigenvalue weighted by Gasteiger charge is 2.39. The summed E-state index contributed by atoms with van der Waals surface area (Å²) in [5, 5.41) is 0. The average molecular weight is 154 g/mol. The molecule has 0 aromatic carbocycles. The number of carbonyl (C=O) groups excluding carboxylic acids is 1. The van der Waals surface area contributed by atoms with Crippen LogP contribution in [0.2, 0.25) is 0 Å². The average Bonchev–Trinajstić information content (AvgIpc) is 1.95. The molecule has 2 atom stereocenters. The van der Waals surface area contributed by atoms with Gasteiger partial charge in [-0.2, -0.15) is 0 Å². The molecule has 0 amide bonds. The molecule has 0 heterocycles. The third-order valence-corrected chi connectivity index (χ3v) is 3.35. The highest BCUT2D eigenvalue weighted by atomic mass is 16.1. The van der Waals surface area contributed by atoms with E-state index in [2.05, 4.69) is 27.7 Å². The van der Waals surface area contributed by atoms with Gasteiger partial charge in [0.2, 0.25) is 0 Å². The number of rotatable bonds is 0. The van der Waals surface area contributed by atoms with E-state index in [1.54, 1.807) is 0 Å². The van der Waals surface area contributed by atoms with Crippen LogP contribution in [0.25, 0.3) is 0 Å². The van der Waals surface area contributed by atoms with Gasteiger partial charge in [-0.25, -0.2) is 0 Å². The van der Waals surface area contributed by atoms with Gasteiger partial charge in [0.1, 0.15) is 5.78 Å². The first kappa shape index (κ1) is 8.76. The van der Waals surface area contributed by atoms with E-state index in [0.717, 1.165) is 6.42 Å². The monoisotopic (exact) mass is 154 g/mol. The van der Waals surface area contributed by atoms with E-state index >= 15 is 0 Å². The molecule has 0 radical (unpaired) electrons. The van der Waals surface area contributed by atoms with E-state index < -0.39 is 0 Å². The molecule has 1 fully saturated rings. The Bertz CT molecular complexity index is 170. The van der Waals surface area contributed by atoms with Crippen LogP contribution < -0.4 is 0 Å². The third kappa shape index (κ3) is 1.33. The van der Waals surface area contributed by atoms with Gasteiger partial charge in [-0.05, 0) is 18.8 Å². The molecule has 1 saturated carbocycles. The van der Waals surface area contributed by atoms with Crippen molar-refractivity contribution in [3.63, 3.8) is 0 Å². The molecule has 0 aromatic rings. The maximum Gasteiger partial charge on any atom is 0.141 e. The molecule has 0 aliphatic heterocycles. The topological polar surface area (TPSA) is 17.1 Å². The molecular formula is C10H18O. The summed E-state index contributed by atoms with van der Waals surface area (Å²) in [7, 11) is 0. The fourth-order valence-corrected chi connectivity index (χ4v) is 1.87. The summed E-state index contributed by atoms with van der Waals surface area (Å²) in [6.45, 7) is 8.39. The van der Waals surface area contributed by atoms with E-state index in [4.69, 9.17) is 0 Å². The van der Waals surface area contributed by atoms with Gasteiger partial charge in [-0.3, -0.25) is 4.79 Å². The molecule has 1 nitrogen and oxygen atoms in total. The molecule has 11 heavy (non-hydrogen) atoms. The van der Waals surface area contributed by atoms with Crippen molar-refractivity contribution in [3.8, 4) is 0 Å². The lowest BCUT2D eigenvalue weighted by Gasteiger charge is -2.37. The van der Waals surface area contributed by atoms with Gasteiger partial charge in [0.15, 0.2) is 0 Å². The fourth-order valence-electron chi connectivity index (χ4n) is 1.87. The van der Waals surface area contributed by atoms with E-state index in [1.165, 1.54) is 6.42 Å². The maximum absolute atomic E-state index is 11.7. The second-order valence-corrected chi connectivity index (χ2v) is 4.47. The number of Topliss-reactive ketones (excluding diaryl/α,β-unsaturated/α-hetero) is 1. The van der Waals surface area contributed by atoms with Crippen LogP contribution in [0.15, 0.2) is 0 Å². The first-order valence-corrected chi connectivity index (χ1v) is 4.50. The van der Waals surface area contributed by atoms with Crippen LogP contribution in [0.1, 0.15) is 40.5 Å². The first-order valence-electron chi connectivity index (χ1n) is 4.50. The Kier molecular flexibility index (Phi) is 2.08. The summed E-state index contributed by atoms with van der Waals surface area (Å²) in [4.78, 5) is 11.7. The van der Waals surface area contributed by atoms with Gasteiger partial charge in [0.05, 0.1) is 0 Å². The molecular weight excluding hydrogens is 136 g/mol. The molecule has 1 aliphatic rings. The van der Waals surface area contributed by atoms with Crippen LogP contribution in [-0.4, -0.2) is 5.78 Å². The van der Waals surface area contributed by atoms with Crippen LogP contribution in [0.3, 0.4) is 0 Å². The van der Waals surface area contributed by atoms with Gasteiger partial charge in [-0.1, -0.05) is 27.7 Å². The van der Waals surface area contributed by atoms with Gasteiger partial charge in [-0.15, -0.1) is 0 Å². The Labute approximate surface area is 69.2 Å². The minimum absolute atomic E-state index is 0.0718. The highest BCUT2D eigenvalue weighted by Crippen LogP contribution is 2.39. The van der Waals surface area contributed by atoms with Crippen molar-refractivity contribution in [2.24, 2.45) is 17.3 Å². The van der Waals surface area contributed by atoms with Crippen molar-refractivity contribution < 1.29 is 4.79 Å². The van der Waals surface area contributed by atoms with Gasteiger partial charge < -0.3 is 0 Å². The van der Waals surface area contributed by atoms with Crippen molar-refractivity contribution >= 4 is 5.78 Å². The molecule has 1 rings (SSSR count). The number of carbonyl (C=O) groups is 1. The zero-order valence-corrected chi connectivity index (χ0v) is 7.98. The molecule has 0 N–H and O–H groups in total. The molecule has 64 valence electrons. The van der Waals surface area contributed by atoms with Crippen LogP contribution in [-0.2, 0) is 4.79 Å². The van der Waals surface area contributed by atoms with Crippen molar-refractivity contribution in [2.45, 2.75) is 40.5 Å². The maximum atomic E-state index is 11.7.